The molecule has 0 unspecified atom stereocenters. The molecule has 0 bridgehead atoms. The fourth-order valence-corrected chi connectivity index (χ4v) is 4.07. The molecule has 0 N–H and O–H groups in total. The minimum Gasteiger partial charge on any atom is -0.294 e. The summed E-state index contributed by atoms with van der Waals surface area (Å²) in [4.78, 5) is 15.3. The number of benzene rings is 2. The van der Waals surface area contributed by atoms with Crippen molar-refractivity contribution in [2.75, 3.05) is 19.6 Å². The van der Waals surface area contributed by atoms with Gasteiger partial charge in [0.15, 0.2) is 0 Å². The van der Waals surface area contributed by atoms with Crippen LogP contribution in [0.5, 0.6) is 0 Å². The number of hydrogen-bond acceptors (Lipinski definition) is 3. The van der Waals surface area contributed by atoms with E-state index in [0.29, 0.717) is 13.0 Å². The minimum absolute atomic E-state index is 0.0129. The molecule has 4 rings (SSSR count). The fourth-order valence-electron chi connectivity index (χ4n) is 4.07. The molecule has 1 amide bonds. The van der Waals surface area contributed by atoms with E-state index in [2.05, 4.69) is 24.0 Å². The van der Waals surface area contributed by atoms with Crippen LogP contribution in [0.3, 0.4) is 0 Å². The van der Waals surface area contributed by atoms with Crippen LogP contribution in [0.15, 0.2) is 53.6 Å². The Morgan fingerprint density at radius 1 is 1.11 bits per heavy atom. The molecular formula is C23H26FN3O. The molecule has 4 nitrogen and oxygen atoms in total. The maximum atomic E-state index is 13.4. The van der Waals surface area contributed by atoms with Gasteiger partial charge in [0.2, 0.25) is 0 Å². The normalized spacial score (nSPS) is 20.3. The number of aryl methyl sites for hydroxylation is 1. The number of piperidine rings is 1. The van der Waals surface area contributed by atoms with Crippen LogP contribution in [-0.4, -0.2) is 41.2 Å². The lowest BCUT2D eigenvalue weighted by atomic mass is 9.97. The van der Waals surface area contributed by atoms with E-state index < -0.39 is 0 Å². The lowest BCUT2D eigenvalue weighted by Gasteiger charge is -2.29. The van der Waals surface area contributed by atoms with Crippen molar-refractivity contribution >= 4 is 11.6 Å². The number of carbonyl (C=O) groups is 1. The van der Waals surface area contributed by atoms with Gasteiger partial charge in [-0.25, -0.2) is 9.40 Å². The van der Waals surface area contributed by atoms with Crippen molar-refractivity contribution in [2.24, 2.45) is 5.10 Å². The van der Waals surface area contributed by atoms with Crippen LogP contribution in [0.1, 0.15) is 48.4 Å². The smallest absolute Gasteiger partial charge is 0.257 e. The highest BCUT2D eigenvalue weighted by molar-refractivity contribution is 6.03. The number of nitrogens with zero attached hydrogens (tertiary/aromatic N) is 3. The summed E-state index contributed by atoms with van der Waals surface area (Å²) in [6.45, 7) is 4.38. The second-order valence-electron chi connectivity index (χ2n) is 7.76. The second-order valence-corrected chi connectivity index (χ2v) is 7.76. The van der Waals surface area contributed by atoms with Crippen LogP contribution in [-0.2, 0) is 4.79 Å². The summed E-state index contributed by atoms with van der Waals surface area (Å²) in [7, 11) is 0. The van der Waals surface area contributed by atoms with Gasteiger partial charge in [-0.1, -0.05) is 48.4 Å². The number of likely N-dealkylation sites (tertiary alicyclic amines) is 1. The molecule has 1 atom stereocenters. The summed E-state index contributed by atoms with van der Waals surface area (Å²) in [5.41, 5.74) is 4.03. The molecule has 2 heterocycles. The quantitative estimate of drug-likeness (QED) is 0.794. The van der Waals surface area contributed by atoms with Gasteiger partial charge in [-0.2, -0.15) is 5.10 Å². The van der Waals surface area contributed by atoms with Gasteiger partial charge in [0.05, 0.1) is 18.3 Å². The molecule has 5 heteroatoms. The van der Waals surface area contributed by atoms with E-state index >= 15 is 0 Å². The standard InChI is InChI=1S/C23H26FN3O/c1-17-6-5-7-19(14-17)21-15-22(18-8-10-20(24)11-9-18)27(25-21)23(28)16-26-12-3-2-4-13-26/h5-11,14,22H,2-4,12-13,15-16H2,1H3/t22-/m0/s1. The molecule has 146 valence electrons. The maximum absolute atomic E-state index is 13.4. The third kappa shape index (κ3) is 4.14. The molecule has 0 aromatic heterocycles. The van der Waals surface area contributed by atoms with Crippen LogP contribution >= 0.6 is 0 Å². The number of hydrazone groups is 1. The van der Waals surface area contributed by atoms with Gasteiger partial charge in [0.1, 0.15) is 5.82 Å². The first-order valence-corrected chi connectivity index (χ1v) is 10.0. The number of amides is 1. The highest BCUT2D eigenvalue weighted by Gasteiger charge is 2.33. The van der Waals surface area contributed by atoms with Gasteiger partial charge in [-0.05, 0) is 56.1 Å². The Morgan fingerprint density at radius 2 is 1.86 bits per heavy atom. The van der Waals surface area contributed by atoms with Crippen LogP contribution in [0.4, 0.5) is 4.39 Å². The average Bonchev–Trinajstić information content (AvgIpc) is 3.15. The molecule has 2 aromatic carbocycles. The topological polar surface area (TPSA) is 35.9 Å². The third-order valence-electron chi connectivity index (χ3n) is 5.58. The molecule has 0 aliphatic carbocycles. The van der Waals surface area contributed by atoms with Crippen molar-refractivity contribution in [1.82, 2.24) is 9.91 Å². The summed E-state index contributed by atoms with van der Waals surface area (Å²) in [5, 5.41) is 6.35. The van der Waals surface area contributed by atoms with E-state index in [0.717, 1.165) is 48.3 Å². The van der Waals surface area contributed by atoms with Crippen molar-refractivity contribution in [2.45, 2.75) is 38.6 Å². The van der Waals surface area contributed by atoms with Crippen LogP contribution in [0.2, 0.25) is 0 Å². The zero-order chi connectivity index (χ0) is 19.5. The van der Waals surface area contributed by atoms with Gasteiger partial charge < -0.3 is 0 Å². The zero-order valence-corrected chi connectivity index (χ0v) is 16.3. The van der Waals surface area contributed by atoms with E-state index in [-0.39, 0.29) is 17.8 Å². The molecule has 0 spiro atoms. The first-order chi connectivity index (χ1) is 13.6. The van der Waals surface area contributed by atoms with Crippen molar-refractivity contribution in [1.29, 1.82) is 0 Å². The molecule has 0 saturated carbocycles. The summed E-state index contributed by atoms with van der Waals surface area (Å²) < 4.78 is 13.4. The summed E-state index contributed by atoms with van der Waals surface area (Å²) in [6, 6.07) is 14.4. The second kappa shape index (κ2) is 8.23. The van der Waals surface area contributed by atoms with Crippen LogP contribution in [0, 0.1) is 12.7 Å². The van der Waals surface area contributed by atoms with Gasteiger partial charge in [0, 0.05) is 6.42 Å². The Hall–Kier alpha value is -2.53. The first kappa shape index (κ1) is 18.8. The molecule has 2 aliphatic rings. The monoisotopic (exact) mass is 379 g/mol. The Bertz CT molecular complexity index is 872. The highest BCUT2D eigenvalue weighted by Crippen LogP contribution is 2.33. The van der Waals surface area contributed by atoms with Gasteiger partial charge in [0.25, 0.3) is 5.91 Å². The fraction of sp³-hybridized carbons (Fsp3) is 0.391. The SMILES string of the molecule is Cc1cccc(C2=NN(C(=O)CN3CCCCC3)[C@H](c3ccc(F)cc3)C2)c1. The lowest BCUT2D eigenvalue weighted by molar-refractivity contribution is -0.134. The van der Waals surface area contributed by atoms with E-state index in [1.54, 1.807) is 17.1 Å². The van der Waals surface area contributed by atoms with E-state index in [1.807, 2.05) is 12.1 Å². The van der Waals surface area contributed by atoms with Crippen molar-refractivity contribution < 1.29 is 9.18 Å². The molecule has 28 heavy (non-hydrogen) atoms. The molecule has 1 fully saturated rings. The number of hydrogen-bond donors (Lipinski definition) is 0. The molecule has 0 radical (unpaired) electrons. The number of halogens is 1. The Balaban J connectivity index is 1.60. The Kier molecular flexibility index (Phi) is 5.53. The minimum atomic E-state index is -0.271. The van der Waals surface area contributed by atoms with Gasteiger partial charge in [-0.3, -0.25) is 9.69 Å². The van der Waals surface area contributed by atoms with Gasteiger partial charge >= 0.3 is 0 Å². The van der Waals surface area contributed by atoms with E-state index in [1.165, 1.54) is 18.6 Å². The molecule has 2 aromatic rings. The summed E-state index contributed by atoms with van der Waals surface area (Å²) in [5.74, 6) is -0.258. The first-order valence-electron chi connectivity index (χ1n) is 10.0. The van der Waals surface area contributed by atoms with Crippen LogP contribution in [0.25, 0.3) is 0 Å². The molecule has 1 saturated heterocycles. The lowest BCUT2D eigenvalue weighted by Crippen LogP contribution is -2.40. The Labute approximate surface area is 165 Å². The van der Waals surface area contributed by atoms with Crippen molar-refractivity contribution in [3.63, 3.8) is 0 Å². The Morgan fingerprint density at radius 3 is 2.57 bits per heavy atom. The third-order valence-corrected chi connectivity index (χ3v) is 5.58. The largest absolute Gasteiger partial charge is 0.294 e. The number of carbonyl (C=O) groups excluding carboxylic acids is 1. The van der Waals surface area contributed by atoms with Gasteiger partial charge in [-0.15, -0.1) is 0 Å². The molecular weight excluding hydrogens is 353 g/mol. The van der Waals surface area contributed by atoms with Crippen molar-refractivity contribution in [3.05, 3.63) is 71.0 Å². The summed E-state index contributed by atoms with van der Waals surface area (Å²) >= 11 is 0. The average molecular weight is 379 g/mol. The molecule has 2 aliphatic heterocycles. The maximum Gasteiger partial charge on any atom is 0.257 e. The van der Waals surface area contributed by atoms with E-state index in [9.17, 15) is 9.18 Å². The predicted octanol–water partition coefficient (Wildman–Crippen LogP) is 4.30. The highest BCUT2D eigenvalue weighted by atomic mass is 19.1. The van der Waals surface area contributed by atoms with Crippen LogP contribution < -0.4 is 0 Å². The summed E-state index contributed by atoms with van der Waals surface area (Å²) in [6.07, 6.45) is 4.17. The predicted molar refractivity (Wildman–Crippen MR) is 109 cm³/mol. The van der Waals surface area contributed by atoms with Crippen molar-refractivity contribution in [3.8, 4) is 0 Å². The zero-order valence-electron chi connectivity index (χ0n) is 16.3. The number of rotatable bonds is 4. The van der Waals surface area contributed by atoms with E-state index in [4.69, 9.17) is 5.10 Å².